The second kappa shape index (κ2) is 4.09. The zero-order valence-electron chi connectivity index (χ0n) is 6.10. The second-order valence-corrected chi connectivity index (χ2v) is 3.46. The fraction of sp³-hybridized carbons (Fsp3) is 1.00. The van der Waals surface area contributed by atoms with Crippen LogP contribution in [0.4, 0.5) is 0 Å². The van der Waals surface area contributed by atoms with Crippen molar-refractivity contribution in [1.29, 1.82) is 0 Å². The van der Waals surface area contributed by atoms with E-state index in [0.29, 0.717) is 0 Å². The molecule has 72 valence electrons. The lowest BCUT2D eigenvalue weighted by atomic mass is 10.0. The van der Waals surface area contributed by atoms with Crippen LogP contribution in [0.1, 0.15) is 0 Å². The van der Waals surface area contributed by atoms with Crippen molar-refractivity contribution in [3.63, 3.8) is 0 Å². The van der Waals surface area contributed by atoms with Crippen LogP contribution in [-0.2, 0) is 4.74 Å². The third-order valence-electron chi connectivity index (χ3n) is 1.80. The average Bonchev–Trinajstić information content (AvgIpc) is 2.08. The van der Waals surface area contributed by atoms with Gasteiger partial charge in [-0.1, -0.05) is 0 Å². The summed E-state index contributed by atoms with van der Waals surface area (Å²) in [6.45, 7) is 0. The van der Waals surface area contributed by atoms with E-state index in [4.69, 9.17) is 33.0 Å². The van der Waals surface area contributed by atoms with Gasteiger partial charge in [-0.15, -0.1) is 23.2 Å². The number of halogens is 2. The molecule has 0 aromatic heterocycles. The molecule has 0 spiro atoms. The number of rotatable bonds is 1. The molecule has 1 heterocycles. The highest BCUT2D eigenvalue weighted by Gasteiger charge is 2.42. The first-order valence-electron chi connectivity index (χ1n) is 3.47. The van der Waals surface area contributed by atoms with E-state index in [2.05, 4.69) is 0 Å². The first-order valence-corrected chi connectivity index (χ1v) is 4.44. The summed E-state index contributed by atoms with van der Waals surface area (Å²) in [7, 11) is 0. The van der Waals surface area contributed by atoms with Gasteiger partial charge in [0.15, 0.2) is 6.29 Å². The Kier molecular flexibility index (Phi) is 3.58. The van der Waals surface area contributed by atoms with E-state index < -0.39 is 30.0 Å². The molecule has 0 unspecified atom stereocenters. The molecule has 1 fully saturated rings. The SMILES string of the molecule is O[C@H]1[C@H](O)[C@@H](CCl)O[C@H](O)[C@@H]1Cl. The predicted octanol–water partition coefficient (Wildman–Crippen LogP) is -0.728. The topological polar surface area (TPSA) is 69.9 Å². The highest BCUT2D eigenvalue weighted by atomic mass is 35.5. The minimum Gasteiger partial charge on any atom is -0.389 e. The van der Waals surface area contributed by atoms with Crippen LogP contribution in [0.5, 0.6) is 0 Å². The molecule has 1 rings (SSSR count). The van der Waals surface area contributed by atoms with Crippen LogP contribution in [0.25, 0.3) is 0 Å². The number of alkyl halides is 2. The standard InChI is InChI=1S/C6H10Cl2O4/c7-1-2-4(9)5(10)3(8)6(11)12-2/h2-6,9-11H,1H2/t2-,3-,4-,5-,6+/m1/s1. The van der Waals surface area contributed by atoms with Crippen molar-refractivity contribution in [2.45, 2.75) is 30.0 Å². The monoisotopic (exact) mass is 216 g/mol. The number of hydrogen-bond acceptors (Lipinski definition) is 4. The van der Waals surface area contributed by atoms with Gasteiger partial charge < -0.3 is 20.1 Å². The lowest BCUT2D eigenvalue weighted by Crippen LogP contribution is -2.55. The Morgan fingerprint density at radius 2 is 1.75 bits per heavy atom. The van der Waals surface area contributed by atoms with E-state index in [1.54, 1.807) is 0 Å². The largest absolute Gasteiger partial charge is 0.389 e. The van der Waals surface area contributed by atoms with E-state index in [-0.39, 0.29) is 5.88 Å². The van der Waals surface area contributed by atoms with Crippen molar-refractivity contribution in [3.8, 4) is 0 Å². The molecule has 0 aromatic carbocycles. The van der Waals surface area contributed by atoms with E-state index in [0.717, 1.165) is 0 Å². The van der Waals surface area contributed by atoms with Crippen molar-refractivity contribution in [2.75, 3.05) is 5.88 Å². The third kappa shape index (κ3) is 1.84. The maximum atomic E-state index is 9.27. The first kappa shape index (κ1) is 10.5. The van der Waals surface area contributed by atoms with Crippen LogP contribution < -0.4 is 0 Å². The Morgan fingerprint density at radius 3 is 2.25 bits per heavy atom. The van der Waals surface area contributed by atoms with Gasteiger partial charge in [0.05, 0.1) is 5.88 Å². The quantitative estimate of drug-likeness (QED) is 0.506. The molecule has 0 bridgehead atoms. The molecule has 0 amide bonds. The molecule has 1 aliphatic rings. The summed E-state index contributed by atoms with van der Waals surface area (Å²) in [6, 6.07) is 0. The Hall–Kier alpha value is 0.420. The molecule has 0 aromatic rings. The fourth-order valence-electron chi connectivity index (χ4n) is 1.04. The highest BCUT2D eigenvalue weighted by Crippen LogP contribution is 2.24. The maximum absolute atomic E-state index is 9.27. The van der Waals surface area contributed by atoms with E-state index in [1.807, 2.05) is 0 Å². The molecule has 1 saturated heterocycles. The van der Waals surface area contributed by atoms with Crippen LogP contribution in [0.3, 0.4) is 0 Å². The van der Waals surface area contributed by atoms with Gasteiger partial charge >= 0.3 is 0 Å². The fourth-order valence-corrected chi connectivity index (χ4v) is 1.50. The zero-order valence-corrected chi connectivity index (χ0v) is 7.61. The number of ether oxygens (including phenoxy) is 1. The van der Waals surface area contributed by atoms with E-state index in [1.165, 1.54) is 0 Å². The van der Waals surface area contributed by atoms with Crippen LogP contribution in [0.15, 0.2) is 0 Å². The van der Waals surface area contributed by atoms with Gasteiger partial charge in [0.2, 0.25) is 0 Å². The minimum absolute atomic E-state index is 0.00110. The Bertz CT molecular complexity index is 152. The molecule has 3 N–H and O–H groups in total. The Balaban J connectivity index is 2.63. The third-order valence-corrected chi connectivity index (χ3v) is 2.57. The number of aliphatic hydroxyl groups is 3. The van der Waals surface area contributed by atoms with Crippen molar-refractivity contribution in [3.05, 3.63) is 0 Å². The summed E-state index contributed by atoms with van der Waals surface area (Å²) in [5, 5.41) is 26.6. The summed E-state index contributed by atoms with van der Waals surface area (Å²) in [5.41, 5.74) is 0. The molecular formula is C6H10Cl2O4. The van der Waals surface area contributed by atoms with Crippen molar-refractivity contribution >= 4 is 23.2 Å². The van der Waals surface area contributed by atoms with Crippen molar-refractivity contribution < 1.29 is 20.1 Å². The summed E-state index contributed by atoms with van der Waals surface area (Å²) < 4.78 is 4.81. The van der Waals surface area contributed by atoms with E-state index in [9.17, 15) is 10.2 Å². The minimum atomic E-state index is -1.28. The van der Waals surface area contributed by atoms with Gasteiger partial charge in [-0.2, -0.15) is 0 Å². The van der Waals surface area contributed by atoms with Crippen LogP contribution >= 0.6 is 23.2 Å². The Morgan fingerprint density at radius 1 is 1.17 bits per heavy atom. The van der Waals surface area contributed by atoms with Gasteiger partial charge in [-0.05, 0) is 0 Å². The molecular weight excluding hydrogens is 207 g/mol. The van der Waals surface area contributed by atoms with Gasteiger partial charge in [0.1, 0.15) is 23.7 Å². The maximum Gasteiger partial charge on any atom is 0.174 e. The average molecular weight is 217 g/mol. The lowest BCUT2D eigenvalue weighted by Gasteiger charge is -2.37. The summed E-state index contributed by atoms with van der Waals surface area (Å²) in [5.74, 6) is -0.00110. The zero-order chi connectivity index (χ0) is 9.30. The normalized spacial score (nSPS) is 49.2. The van der Waals surface area contributed by atoms with Gasteiger partial charge in [-0.25, -0.2) is 0 Å². The molecule has 0 radical (unpaired) electrons. The molecule has 4 nitrogen and oxygen atoms in total. The molecule has 6 heteroatoms. The van der Waals surface area contributed by atoms with Gasteiger partial charge in [0.25, 0.3) is 0 Å². The lowest BCUT2D eigenvalue weighted by molar-refractivity contribution is -0.222. The Labute approximate surface area is 79.7 Å². The second-order valence-electron chi connectivity index (χ2n) is 2.65. The molecule has 1 aliphatic heterocycles. The van der Waals surface area contributed by atoms with Crippen molar-refractivity contribution in [1.82, 2.24) is 0 Å². The summed E-state index contributed by atoms with van der Waals surface area (Å²) in [4.78, 5) is 0. The molecule has 5 atom stereocenters. The number of hydrogen-bond donors (Lipinski definition) is 3. The molecule has 0 saturated carbocycles. The molecule has 12 heavy (non-hydrogen) atoms. The smallest absolute Gasteiger partial charge is 0.174 e. The van der Waals surface area contributed by atoms with Crippen LogP contribution in [0.2, 0.25) is 0 Å². The summed E-state index contributed by atoms with van der Waals surface area (Å²) >= 11 is 10.9. The predicted molar refractivity (Wildman–Crippen MR) is 43.3 cm³/mol. The van der Waals surface area contributed by atoms with Crippen LogP contribution in [0, 0.1) is 0 Å². The number of aliphatic hydroxyl groups excluding tert-OH is 3. The summed E-state index contributed by atoms with van der Waals surface area (Å²) in [6.07, 6.45) is -4.41. The highest BCUT2D eigenvalue weighted by molar-refractivity contribution is 6.21. The van der Waals surface area contributed by atoms with Crippen molar-refractivity contribution in [2.24, 2.45) is 0 Å². The van der Waals surface area contributed by atoms with Gasteiger partial charge in [0, 0.05) is 0 Å². The molecule has 0 aliphatic carbocycles. The van der Waals surface area contributed by atoms with E-state index >= 15 is 0 Å². The van der Waals surface area contributed by atoms with Gasteiger partial charge in [-0.3, -0.25) is 0 Å². The van der Waals surface area contributed by atoms with Crippen LogP contribution in [-0.4, -0.2) is 51.2 Å². The first-order chi connectivity index (χ1) is 5.57.